The summed E-state index contributed by atoms with van der Waals surface area (Å²) in [5, 5.41) is 7.85. The Hall–Kier alpha value is -1.68. The van der Waals surface area contributed by atoms with E-state index in [2.05, 4.69) is 37.3 Å². The number of aryl methyl sites for hydroxylation is 3. The average Bonchev–Trinajstić information content (AvgIpc) is 2.60. The molecule has 0 saturated heterocycles. The van der Waals surface area contributed by atoms with E-state index < -0.39 is 0 Å². The Morgan fingerprint density at radius 2 is 1.84 bits per heavy atom. The van der Waals surface area contributed by atoms with Gasteiger partial charge in [0.05, 0.1) is 5.69 Å². The first-order chi connectivity index (χ1) is 8.95. The topological polar surface area (TPSA) is 42.7 Å². The minimum atomic E-state index is 0.797. The van der Waals surface area contributed by atoms with E-state index in [1.807, 2.05) is 25.6 Å². The smallest absolute Gasteiger partial charge is 0.158 e. The van der Waals surface area contributed by atoms with E-state index in [0.717, 1.165) is 29.4 Å². The van der Waals surface area contributed by atoms with Gasteiger partial charge in [-0.05, 0) is 58.9 Å². The molecule has 0 aliphatic heterocycles. The lowest BCUT2D eigenvalue weighted by atomic mass is 10.1. The summed E-state index contributed by atoms with van der Waals surface area (Å²) in [6.45, 7) is 11.2. The van der Waals surface area contributed by atoms with Gasteiger partial charge in [0.15, 0.2) is 5.82 Å². The Morgan fingerprint density at radius 1 is 1.16 bits per heavy atom. The van der Waals surface area contributed by atoms with E-state index in [1.165, 1.54) is 16.7 Å². The van der Waals surface area contributed by atoms with Crippen molar-refractivity contribution in [3.8, 4) is 5.82 Å². The van der Waals surface area contributed by atoms with Crippen LogP contribution in [0.5, 0.6) is 0 Å². The fourth-order valence-electron chi connectivity index (χ4n) is 2.34. The molecule has 0 aliphatic carbocycles. The first-order valence-electron chi connectivity index (χ1n) is 6.60. The zero-order valence-electron chi connectivity index (χ0n) is 12.6. The summed E-state index contributed by atoms with van der Waals surface area (Å²) < 4.78 is 1.97. The number of hydrogen-bond donors (Lipinski definition) is 1. The first-order valence-corrected chi connectivity index (χ1v) is 6.60. The van der Waals surface area contributed by atoms with Crippen molar-refractivity contribution in [3.63, 3.8) is 0 Å². The van der Waals surface area contributed by atoms with Crippen LogP contribution < -0.4 is 5.32 Å². The van der Waals surface area contributed by atoms with Gasteiger partial charge in [0.2, 0.25) is 0 Å². The van der Waals surface area contributed by atoms with Crippen molar-refractivity contribution in [1.29, 1.82) is 0 Å². The van der Waals surface area contributed by atoms with Gasteiger partial charge in [-0.25, -0.2) is 9.67 Å². The summed E-state index contributed by atoms with van der Waals surface area (Å²) >= 11 is 0. The molecule has 0 radical (unpaired) electrons. The zero-order valence-corrected chi connectivity index (χ0v) is 12.6. The molecule has 0 fully saturated rings. The fraction of sp³-hybridized carbons (Fsp3) is 0.467. The van der Waals surface area contributed by atoms with Crippen LogP contribution >= 0.6 is 0 Å². The zero-order chi connectivity index (χ0) is 14.2. The molecule has 0 aliphatic rings. The van der Waals surface area contributed by atoms with Crippen LogP contribution in [0.2, 0.25) is 0 Å². The fourth-order valence-corrected chi connectivity index (χ4v) is 2.34. The summed E-state index contributed by atoms with van der Waals surface area (Å²) in [7, 11) is 1.95. The van der Waals surface area contributed by atoms with E-state index in [0.29, 0.717) is 0 Å². The number of rotatable bonds is 3. The van der Waals surface area contributed by atoms with Gasteiger partial charge in [0.1, 0.15) is 0 Å². The predicted octanol–water partition coefficient (Wildman–Crippen LogP) is 2.53. The Bertz CT molecular complexity index is 611. The molecule has 0 atom stereocenters. The minimum Gasteiger partial charge on any atom is -0.316 e. The van der Waals surface area contributed by atoms with Gasteiger partial charge in [-0.2, -0.15) is 5.10 Å². The molecule has 2 rings (SSSR count). The van der Waals surface area contributed by atoms with Crippen molar-refractivity contribution >= 4 is 0 Å². The largest absolute Gasteiger partial charge is 0.316 e. The maximum Gasteiger partial charge on any atom is 0.158 e. The number of nitrogens with zero attached hydrogens (tertiary/aromatic N) is 3. The third kappa shape index (κ3) is 2.40. The molecule has 0 amide bonds. The van der Waals surface area contributed by atoms with Gasteiger partial charge in [0.25, 0.3) is 0 Å². The third-order valence-electron chi connectivity index (χ3n) is 3.66. The minimum absolute atomic E-state index is 0.797. The summed E-state index contributed by atoms with van der Waals surface area (Å²) in [4.78, 5) is 4.70. The SMILES string of the molecule is CNCc1c(C)cc(C)nc1-n1nc(C)c(C)c1C. The van der Waals surface area contributed by atoms with Crippen LogP contribution in [0.3, 0.4) is 0 Å². The summed E-state index contributed by atoms with van der Waals surface area (Å²) in [6, 6.07) is 2.12. The highest BCUT2D eigenvalue weighted by molar-refractivity contribution is 5.43. The standard InChI is InChI=1S/C15H22N4/c1-9-7-10(2)17-15(14(9)8-16-6)19-13(5)11(3)12(4)18-19/h7,16H,8H2,1-6H3. The average molecular weight is 258 g/mol. The van der Waals surface area contributed by atoms with Crippen molar-refractivity contribution in [2.24, 2.45) is 0 Å². The van der Waals surface area contributed by atoms with Crippen molar-refractivity contribution in [2.45, 2.75) is 41.2 Å². The van der Waals surface area contributed by atoms with E-state index >= 15 is 0 Å². The highest BCUT2D eigenvalue weighted by Crippen LogP contribution is 2.21. The normalized spacial score (nSPS) is 11.1. The van der Waals surface area contributed by atoms with Crippen molar-refractivity contribution in [3.05, 3.63) is 39.8 Å². The van der Waals surface area contributed by atoms with Crippen molar-refractivity contribution in [1.82, 2.24) is 20.1 Å². The molecule has 2 heterocycles. The third-order valence-corrected chi connectivity index (χ3v) is 3.66. The van der Waals surface area contributed by atoms with Gasteiger partial charge in [-0.1, -0.05) is 0 Å². The molecule has 4 nitrogen and oxygen atoms in total. The number of aromatic nitrogens is 3. The van der Waals surface area contributed by atoms with E-state index in [-0.39, 0.29) is 0 Å². The molecular weight excluding hydrogens is 236 g/mol. The van der Waals surface area contributed by atoms with Crippen LogP contribution in [0, 0.1) is 34.6 Å². The molecule has 0 saturated carbocycles. The van der Waals surface area contributed by atoms with Crippen LogP contribution in [0.1, 0.15) is 33.8 Å². The maximum atomic E-state index is 4.70. The van der Waals surface area contributed by atoms with Crippen LogP contribution in [-0.4, -0.2) is 21.8 Å². The second-order valence-electron chi connectivity index (χ2n) is 5.12. The van der Waals surface area contributed by atoms with Crippen LogP contribution in [-0.2, 0) is 6.54 Å². The number of pyridine rings is 1. The lowest BCUT2D eigenvalue weighted by molar-refractivity contribution is 0.746. The summed E-state index contributed by atoms with van der Waals surface area (Å²) in [5.74, 6) is 0.945. The molecule has 2 aromatic rings. The molecule has 2 aromatic heterocycles. The van der Waals surface area contributed by atoms with Crippen molar-refractivity contribution < 1.29 is 0 Å². The molecule has 0 bridgehead atoms. The van der Waals surface area contributed by atoms with Crippen molar-refractivity contribution in [2.75, 3.05) is 7.05 Å². The van der Waals surface area contributed by atoms with E-state index in [9.17, 15) is 0 Å². The maximum absolute atomic E-state index is 4.70. The summed E-state index contributed by atoms with van der Waals surface area (Å²) in [6.07, 6.45) is 0. The molecule has 19 heavy (non-hydrogen) atoms. The second kappa shape index (κ2) is 5.13. The van der Waals surface area contributed by atoms with Crippen LogP contribution in [0.15, 0.2) is 6.07 Å². The molecule has 102 valence electrons. The van der Waals surface area contributed by atoms with Gasteiger partial charge < -0.3 is 5.32 Å². The van der Waals surface area contributed by atoms with Gasteiger partial charge >= 0.3 is 0 Å². The van der Waals surface area contributed by atoms with Gasteiger partial charge in [-0.3, -0.25) is 0 Å². The Kier molecular flexibility index (Phi) is 3.71. The first kappa shape index (κ1) is 13.7. The molecule has 0 spiro atoms. The molecule has 0 unspecified atom stereocenters. The number of hydrogen-bond acceptors (Lipinski definition) is 3. The molecular formula is C15H22N4. The quantitative estimate of drug-likeness (QED) is 0.920. The van der Waals surface area contributed by atoms with Gasteiger partial charge in [-0.15, -0.1) is 0 Å². The monoisotopic (exact) mass is 258 g/mol. The highest BCUT2D eigenvalue weighted by atomic mass is 15.3. The molecule has 0 aromatic carbocycles. The molecule has 4 heteroatoms. The Labute approximate surface area is 114 Å². The Balaban J connectivity index is 2.69. The van der Waals surface area contributed by atoms with Crippen LogP contribution in [0.4, 0.5) is 0 Å². The second-order valence-corrected chi connectivity index (χ2v) is 5.12. The number of nitrogens with one attached hydrogen (secondary N) is 1. The van der Waals surface area contributed by atoms with E-state index in [4.69, 9.17) is 4.98 Å². The Morgan fingerprint density at radius 3 is 2.37 bits per heavy atom. The predicted molar refractivity (Wildman–Crippen MR) is 77.8 cm³/mol. The van der Waals surface area contributed by atoms with Crippen LogP contribution in [0.25, 0.3) is 5.82 Å². The lowest BCUT2D eigenvalue weighted by Crippen LogP contribution is -2.14. The van der Waals surface area contributed by atoms with Gasteiger partial charge in [0, 0.05) is 23.5 Å². The highest BCUT2D eigenvalue weighted by Gasteiger charge is 2.15. The molecule has 1 N–H and O–H groups in total. The van der Waals surface area contributed by atoms with E-state index in [1.54, 1.807) is 0 Å². The lowest BCUT2D eigenvalue weighted by Gasteiger charge is -2.14. The summed E-state index contributed by atoms with van der Waals surface area (Å²) in [5.41, 5.74) is 6.94.